The summed E-state index contributed by atoms with van der Waals surface area (Å²) in [5.74, 6) is -2.68. The van der Waals surface area contributed by atoms with Crippen LogP contribution in [-0.2, 0) is 14.3 Å². The van der Waals surface area contributed by atoms with Crippen LogP contribution in [0.4, 0.5) is 0 Å². The van der Waals surface area contributed by atoms with Gasteiger partial charge in [0.05, 0.1) is 20.1 Å². The van der Waals surface area contributed by atoms with Crippen molar-refractivity contribution < 1.29 is 33.7 Å². The number of ether oxygens (including phenoxy) is 3. The first-order valence-electron chi connectivity index (χ1n) is 6.64. The number of carboxylic acid groups (broad SMARTS) is 1. The van der Waals surface area contributed by atoms with Gasteiger partial charge in [0.15, 0.2) is 17.2 Å². The third-order valence-electron chi connectivity index (χ3n) is 2.80. The van der Waals surface area contributed by atoms with Crippen molar-refractivity contribution in [2.45, 2.75) is 18.9 Å². The molecule has 0 bridgehead atoms. The molecule has 0 amide bonds. The van der Waals surface area contributed by atoms with Gasteiger partial charge in [0, 0.05) is 25.8 Å². The third kappa shape index (κ3) is 5.31. The van der Waals surface area contributed by atoms with Crippen LogP contribution in [0.2, 0.25) is 0 Å². The summed E-state index contributed by atoms with van der Waals surface area (Å²) < 4.78 is 14.9. The van der Waals surface area contributed by atoms with Gasteiger partial charge in [-0.25, -0.2) is 4.98 Å². The predicted octanol–water partition coefficient (Wildman–Crippen LogP) is 0.0168. The minimum atomic E-state index is -1.38. The van der Waals surface area contributed by atoms with E-state index in [1.54, 1.807) is 0 Å². The van der Waals surface area contributed by atoms with Gasteiger partial charge in [-0.15, -0.1) is 0 Å². The second-order valence-electron chi connectivity index (χ2n) is 4.48. The molecule has 23 heavy (non-hydrogen) atoms. The van der Waals surface area contributed by atoms with Gasteiger partial charge in [0.2, 0.25) is 5.75 Å². The smallest absolute Gasteiger partial charge is 0.320 e. The number of hydrogen-bond donors (Lipinski definition) is 2. The topological polar surface area (TPSA) is 138 Å². The first kappa shape index (κ1) is 18.5. The van der Waals surface area contributed by atoms with Crippen molar-refractivity contribution in [3.63, 3.8) is 0 Å². The zero-order valence-electron chi connectivity index (χ0n) is 12.8. The van der Waals surface area contributed by atoms with E-state index in [2.05, 4.69) is 4.98 Å². The predicted molar refractivity (Wildman–Crippen MR) is 77.5 cm³/mol. The molecule has 0 saturated heterocycles. The van der Waals surface area contributed by atoms with Crippen molar-refractivity contribution >= 4 is 17.7 Å². The Morgan fingerprint density at radius 3 is 2.61 bits per heavy atom. The second kappa shape index (κ2) is 8.81. The van der Waals surface area contributed by atoms with Crippen molar-refractivity contribution in [1.82, 2.24) is 4.98 Å². The molecule has 1 aromatic rings. The summed E-state index contributed by atoms with van der Waals surface area (Å²) in [6, 6.07) is 0.0277. The minimum absolute atomic E-state index is 0.0309. The van der Waals surface area contributed by atoms with Crippen LogP contribution in [-0.4, -0.2) is 54.7 Å². The number of nitrogens with two attached hydrogens (primary N) is 1. The number of aromatic nitrogens is 1. The Hall–Kier alpha value is -2.52. The molecular formula is C14H18N2O7. The Morgan fingerprint density at radius 2 is 2.04 bits per heavy atom. The Balaban J connectivity index is 3.04. The molecule has 0 aromatic carbocycles. The van der Waals surface area contributed by atoms with E-state index in [0.717, 1.165) is 0 Å². The van der Waals surface area contributed by atoms with E-state index < -0.39 is 30.2 Å². The first-order valence-corrected chi connectivity index (χ1v) is 6.64. The second-order valence-corrected chi connectivity index (χ2v) is 4.48. The maximum atomic E-state index is 12.2. The van der Waals surface area contributed by atoms with Crippen molar-refractivity contribution in [3.05, 3.63) is 18.0 Å². The number of aliphatic carboxylic acids is 1. The molecule has 126 valence electrons. The number of carbonyl (C=O) groups is 3. The van der Waals surface area contributed by atoms with Crippen molar-refractivity contribution in [3.8, 4) is 11.5 Å². The molecule has 0 spiro atoms. The van der Waals surface area contributed by atoms with Gasteiger partial charge in [-0.3, -0.25) is 14.4 Å². The van der Waals surface area contributed by atoms with Crippen LogP contribution in [0.25, 0.3) is 0 Å². The van der Waals surface area contributed by atoms with E-state index in [1.807, 2.05) is 0 Å². The van der Waals surface area contributed by atoms with Crippen LogP contribution in [0.5, 0.6) is 11.5 Å². The number of methoxy groups -OCH3 is 2. The normalized spacial score (nSPS) is 11.6. The minimum Gasteiger partial charge on any atom is -0.493 e. The van der Waals surface area contributed by atoms with Gasteiger partial charge >= 0.3 is 11.9 Å². The number of hydrogen-bond acceptors (Lipinski definition) is 8. The molecule has 9 heteroatoms. The van der Waals surface area contributed by atoms with Crippen LogP contribution < -0.4 is 15.2 Å². The molecule has 0 unspecified atom stereocenters. The number of Topliss-reactive ketones (excluding diaryl/α,β-unsaturated/α-hetero) is 1. The number of nitrogens with zero attached hydrogens (tertiary/aromatic N) is 1. The molecule has 0 saturated carbocycles. The lowest BCUT2D eigenvalue weighted by Gasteiger charge is -2.13. The molecule has 3 N–H and O–H groups in total. The van der Waals surface area contributed by atoms with Crippen LogP contribution in [0.1, 0.15) is 23.3 Å². The van der Waals surface area contributed by atoms with Crippen LogP contribution in [0, 0.1) is 0 Å². The summed E-state index contributed by atoms with van der Waals surface area (Å²) in [6.45, 7) is 0.147. The van der Waals surface area contributed by atoms with Crippen LogP contribution in [0.3, 0.4) is 0 Å². The molecule has 0 fully saturated rings. The maximum Gasteiger partial charge on any atom is 0.320 e. The molecule has 1 heterocycles. The highest BCUT2D eigenvalue weighted by molar-refractivity contribution is 6.00. The fourth-order valence-corrected chi connectivity index (χ4v) is 1.62. The van der Waals surface area contributed by atoms with Crippen molar-refractivity contribution in [2.75, 3.05) is 20.8 Å². The van der Waals surface area contributed by atoms with Crippen LogP contribution in [0.15, 0.2) is 12.3 Å². The summed E-state index contributed by atoms with van der Waals surface area (Å²) in [4.78, 5) is 38.5. The van der Waals surface area contributed by atoms with E-state index in [1.165, 1.54) is 26.5 Å². The molecule has 0 aliphatic heterocycles. The summed E-state index contributed by atoms with van der Waals surface area (Å²) in [7, 11) is 2.76. The van der Waals surface area contributed by atoms with Crippen LogP contribution >= 0.6 is 0 Å². The molecule has 0 aliphatic carbocycles. The van der Waals surface area contributed by atoms with Gasteiger partial charge in [0.25, 0.3) is 0 Å². The van der Waals surface area contributed by atoms with Gasteiger partial charge in [-0.2, -0.15) is 0 Å². The van der Waals surface area contributed by atoms with Gasteiger partial charge in [-0.05, 0) is 0 Å². The van der Waals surface area contributed by atoms with Gasteiger partial charge in [0.1, 0.15) is 6.04 Å². The monoisotopic (exact) mass is 326 g/mol. The maximum absolute atomic E-state index is 12.2. The van der Waals surface area contributed by atoms with E-state index in [0.29, 0.717) is 0 Å². The highest BCUT2D eigenvalue weighted by atomic mass is 16.6. The number of pyridine rings is 1. The zero-order chi connectivity index (χ0) is 17.4. The number of carboxylic acids is 1. The molecule has 1 atom stereocenters. The summed E-state index contributed by atoms with van der Waals surface area (Å²) in [5.41, 5.74) is 5.12. The lowest BCUT2D eigenvalue weighted by molar-refractivity contribution is -0.138. The number of esters is 1. The lowest BCUT2D eigenvalue weighted by atomic mass is 10.1. The fourth-order valence-electron chi connectivity index (χ4n) is 1.62. The van der Waals surface area contributed by atoms with Gasteiger partial charge in [-0.1, -0.05) is 0 Å². The van der Waals surface area contributed by atoms with Gasteiger partial charge < -0.3 is 25.1 Å². The zero-order valence-corrected chi connectivity index (χ0v) is 12.8. The Kier molecular flexibility index (Phi) is 7.10. The first-order chi connectivity index (χ1) is 10.9. The van der Waals surface area contributed by atoms with Crippen molar-refractivity contribution in [1.29, 1.82) is 0 Å². The molecule has 1 aromatic heterocycles. The quantitative estimate of drug-likeness (QED) is 0.475. The van der Waals surface area contributed by atoms with E-state index in [-0.39, 0.29) is 30.2 Å². The average molecular weight is 326 g/mol. The van der Waals surface area contributed by atoms with E-state index in [9.17, 15) is 14.4 Å². The SMILES string of the molecule is COCCC(=O)Oc1c(OC)ccnc1C(=O)C[C@H](N)C(=O)O. The summed E-state index contributed by atoms with van der Waals surface area (Å²) in [5, 5.41) is 8.77. The lowest BCUT2D eigenvalue weighted by Crippen LogP contribution is -2.33. The number of ketones is 1. The molecule has 1 rings (SSSR count). The summed E-state index contributed by atoms with van der Waals surface area (Å²) >= 11 is 0. The van der Waals surface area contributed by atoms with Crippen molar-refractivity contribution in [2.24, 2.45) is 5.73 Å². The Morgan fingerprint density at radius 1 is 1.35 bits per heavy atom. The fraction of sp³-hybridized carbons (Fsp3) is 0.429. The summed E-state index contributed by atoms with van der Waals surface area (Å²) in [6.07, 6.45) is 0.764. The Bertz CT molecular complexity index is 588. The number of carbonyl (C=O) groups excluding carboxylic acids is 2. The highest BCUT2D eigenvalue weighted by Gasteiger charge is 2.25. The third-order valence-corrected chi connectivity index (χ3v) is 2.80. The van der Waals surface area contributed by atoms with E-state index >= 15 is 0 Å². The molecule has 0 radical (unpaired) electrons. The molecular weight excluding hydrogens is 308 g/mol. The number of rotatable bonds is 9. The van der Waals surface area contributed by atoms with E-state index in [4.69, 9.17) is 25.1 Å². The average Bonchev–Trinajstić information content (AvgIpc) is 2.52. The molecule has 9 nitrogen and oxygen atoms in total. The Labute approximate surface area is 132 Å². The highest BCUT2D eigenvalue weighted by Crippen LogP contribution is 2.30. The standard InChI is InChI=1S/C14H18N2O7/c1-21-6-4-11(18)23-13-10(22-2)3-5-16-12(13)9(17)7-8(15)14(19)20/h3,5,8H,4,6-7,15H2,1-2H3,(H,19,20)/t8-/m0/s1. The molecule has 0 aliphatic rings. The largest absolute Gasteiger partial charge is 0.493 e.